The molecule has 282 valence electrons. The molecule has 0 spiro atoms. The molecule has 0 saturated carbocycles. The fourth-order valence-electron chi connectivity index (χ4n) is 9.54. The molecular weight excluding hydrogens is 748 g/mol. The number of hydrogen-bond acceptors (Lipinski definition) is 2. The largest absolute Gasteiger partial charge is 0.247 e. The van der Waals surface area contributed by atoms with Crippen LogP contribution in [0.5, 0.6) is 0 Å². The SMILES string of the molecule is [2H]c1c([2H])c([2H])c(-c2c3ccccc3c(-c3cc4c5c(c3)Sc3cc(C(C)(C)c6ccccc6)ccc3B5c3ccc(C(C)(C)c5ccccc5)cc3S4)c3ccccc23)c([2H])c1[2H]. The lowest BCUT2D eigenvalue weighted by Gasteiger charge is -2.36. The summed E-state index contributed by atoms with van der Waals surface area (Å²) in [4.78, 5) is 4.99. The van der Waals surface area contributed by atoms with Gasteiger partial charge in [-0.1, -0.05) is 226 Å². The summed E-state index contributed by atoms with van der Waals surface area (Å²) < 4.78 is 43.7. The van der Waals surface area contributed by atoms with Crippen LogP contribution in [0, 0.1) is 0 Å². The van der Waals surface area contributed by atoms with E-state index in [-0.39, 0.29) is 47.3 Å². The standard InChI is InChI=1S/C56H43BS2/c1-55(2,38-20-10-6-11-21-38)40-28-30-46-48(34-40)58-50-32-37(53-44-26-16-14-24-42(44)52(36-18-8-5-9-19-36)43-25-15-17-27-45(43)53)33-51-54(50)57(46)47-31-29-41(35-49(47)59-51)56(3,4)39-22-12-7-13-23-39/h5-35H,1-4H3/i5D,8D,9D,18D,19D. The summed E-state index contributed by atoms with van der Waals surface area (Å²) in [5, 5.41) is 3.62. The highest BCUT2D eigenvalue weighted by molar-refractivity contribution is 8.01. The molecule has 2 heterocycles. The molecule has 2 aliphatic heterocycles. The maximum Gasteiger partial charge on any atom is 0.247 e. The molecule has 0 saturated heterocycles. The summed E-state index contributed by atoms with van der Waals surface area (Å²) in [6.07, 6.45) is 0. The minimum atomic E-state index is -0.394. The van der Waals surface area contributed by atoms with Gasteiger partial charge in [0.25, 0.3) is 0 Å². The molecule has 0 aromatic heterocycles. The van der Waals surface area contributed by atoms with Gasteiger partial charge in [-0.05, 0) is 95.8 Å². The van der Waals surface area contributed by atoms with Gasteiger partial charge in [0.05, 0.1) is 6.85 Å². The van der Waals surface area contributed by atoms with Crippen LogP contribution in [0.1, 0.15) is 56.8 Å². The zero-order valence-electron chi connectivity index (χ0n) is 38.4. The topological polar surface area (TPSA) is 0 Å². The van der Waals surface area contributed by atoms with Gasteiger partial charge in [0.2, 0.25) is 6.71 Å². The number of fused-ring (bicyclic) bond motifs is 6. The van der Waals surface area contributed by atoms with Crippen molar-refractivity contribution in [2.24, 2.45) is 0 Å². The van der Waals surface area contributed by atoms with Crippen LogP contribution in [0.3, 0.4) is 0 Å². The van der Waals surface area contributed by atoms with Crippen LogP contribution < -0.4 is 16.4 Å². The van der Waals surface area contributed by atoms with Crippen molar-refractivity contribution >= 4 is 68.2 Å². The van der Waals surface area contributed by atoms with Crippen LogP contribution in [-0.2, 0) is 10.8 Å². The van der Waals surface area contributed by atoms with Gasteiger partial charge in [0, 0.05) is 30.4 Å². The molecule has 0 unspecified atom stereocenters. The van der Waals surface area contributed by atoms with E-state index in [1.165, 1.54) is 58.2 Å². The van der Waals surface area contributed by atoms with Crippen molar-refractivity contribution in [3.63, 3.8) is 0 Å². The smallest absolute Gasteiger partial charge is 0.0911 e. The van der Waals surface area contributed by atoms with E-state index in [0.717, 1.165) is 32.7 Å². The van der Waals surface area contributed by atoms with Crippen molar-refractivity contribution in [2.45, 2.75) is 58.1 Å². The quantitative estimate of drug-likeness (QED) is 0.121. The van der Waals surface area contributed by atoms with Gasteiger partial charge in [-0.25, -0.2) is 0 Å². The van der Waals surface area contributed by atoms with Crippen molar-refractivity contribution < 1.29 is 6.85 Å². The zero-order valence-corrected chi connectivity index (χ0v) is 35.0. The van der Waals surface area contributed by atoms with E-state index in [2.05, 4.69) is 149 Å². The first-order chi connectivity index (χ1) is 30.8. The molecule has 9 aromatic carbocycles. The monoisotopic (exact) mass is 795 g/mol. The second kappa shape index (κ2) is 13.9. The van der Waals surface area contributed by atoms with E-state index in [1.807, 2.05) is 59.9 Å². The normalized spacial score (nSPS) is 14.4. The third-order valence-corrected chi connectivity index (χ3v) is 15.1. The van der Waals surface area contributed by atoms with Gasteiger partial charge in [-0.2, -0.15) is 0 Å². The van der Waals surface area contributed by atoms with Crippen molar-refractivity contribution in [2.75, 3.05) is 0 Å². The Hall–Kier alpha value is -5.74. The molecule has 59 heavy (non-hydrogen) atoms. The minimum absolute atomic E-state index is 0.0503. The maximum absolute atomic E-state index is 9.07. The Morgan fingerprint density at radius 2 is 0.814 bits per heavy atom. The molecule has 0 fully saturated rings. The molecule has 11 rings (SSSR count). The lowest BCUT2D eigenvalue weighted by atomic mass is 9.36. The van der Waals surface area contributed by atoms with E-state index < -0.39 is 6.04 Å². The second-order valence-corrected chi connectivity index (χ2v) is 19.0. The first-order valence-corrected chi connectivity index (χ1v) is 21.9. The van der Waals surface area contributed by atoms with Crippen LogP contribution in [-0.4, -0.2) is 6.71 Å². The fourth-order valence-corrected chi connectivity index (χ4v) is 12.1. The van der Waals surface area contributed by atoms with Gasteiger partial charge in [-0.3, -0.25) is 0 Å². The summed E-state index contributed by atoms with van der Waals surface area (Å²) in [7, 11) is 0. The Kier molecular flexibility index (Phi) is 7.38. The molecule has 0 atom stereocenters. The Bertz CT molecular complexity index is 3190. The highest BCUT2D eigenvalue weighted by atomic mass is 32.2. The summed E-state index contributed by atoms with van der Waals surface area (Å²) in [6, 6.07) is 55.4. The molecule has 0 bridgehead atoms. The van der Waals surface area contributed by atoms with E-state index >= 15 is 0 Å². The van der Waals surface area contributed by atoms with Gasteiger partial charge >= 0.3 is 0 Å². The van der Waals surface area contributed by atoms with Crippen molar-refractivity contribution in [3.05, 3.63) is 210 Å². The minimum Gasteiger partial charge on any atom is -0.0911 e. The Labute approximate surface area is 363 Å². The van der Waals surface area contributed by atoms with Crippen molar-refractivity contribution in [3.8, 4) is 22.3 Å². The van der Waals surface area contributed by atoms with Crippen LogP contribution >= 0.6 is 23.5 Å². The summed E-state index contributed by atoms with van der Waals surface area (Å²) in [5.74, 6) is 0. The highest BCUT2D eigenvalue weighted by Crippen LogP contribution is 2.48. The van der Waals surface area contributed by atoms with Crippen LogP contribution in [0.25, 0.3) is 43.8 Å². The third kappa shape index (κ3) is 5.85. The molecule has 0 amide bonds. The molecule has 0 radical (unpaired) electrons. The first kappa shape index (κ1) is 31.2. The Morgan fingerprint density at radius 3 is 1.25 bits per heavy atom. The summed E-state index contributed by atoms with van der Waals surface area (Å²) >= 11 is 3.72. The molecule has 0 N–H and O–H groups in total. The third-order valence-electron chi connectivity index (χ3n) is 12.9. The van der Waals surface area contributed by atoms with Gasteiger partial charge in [-0.15, -0.1) is 0 Å². The predicted molar refractivity (Wildman–Crippen MR) is 255 cm³/mol. The number of rotatable bonds is 6. The van der Waals surface area contributed by atoms with E-state index in [9.17, 15) is 0 Å². The Balaban J connectivity index is 1.16. The molecule has 0 nitrogen and oxygen atoms in total. The van der Waals surface area contributed by atoms with Crippen LogP contribution in [0.2, 0.25) is 0 Å². The second-order valence-electron chi connectivity index (χ2n) is 16.9. The average molecular weight is 796 g/mol. The lowest BCUT2D eigenvalue weighted by molar-refractivity contribution is 0.639. The summed E-state index contributed by atoms with van der Waals surface area (Å²) in [5.41, 5.74) is 11.7. The van der Waals surface area contributed by atoms with Crippen LogP contribution in [0.4, 0.5) is 0 Å². The van der Waals surface area contributed by atoms with E-state index in [0.29, 0.717) is 5.56 Å². The average Bonchev–Trinajstić information content (AvgIpc) is 3.32. The van der Waals surface area contributed by atoms with Gasteiger partial charge in [0.15, 0.2) is 0 Å². The number of hydrogen-bond donors (Lipinski definition) is 0. The van der Waals surface area contributed by atoms with Crippen molar-refractivity contribution in [1.29, 1.82) is 0 Å². The van der Waals surface area contributed by atoms with Gasteiger partial charge in [0.1, 0.15) is 0 Å². The first-order valence-electron chi connectivity index (χ1n) is 22.8. The zero-order chi connectivity index (χ0) is 44.2. The fraction of sp³-hybridized carbons (Fsp3) is 0.107. The van der Waals surface area contributed by atoms with Gasteiger partial charge < -0.3 is 0 Å². The molecule has 9 aromatic rings. The van der Waals surface area contributed by atoms with Crippen LogP contribution in [0.15, 0.2) is 208 Å². The molecule has 3 heteroatoms. The Morgan fingerprint density at radius 1 is 0.407 bits per heavy atom. The highest BCUT2D eigenvalue weighted by Gasteiger charge is 2.40. The number of benzene rings is 9. The summed E-state index contributed by atoms with van der Waals surface area (Å²) in [6.45, 7) is 9.31. The molecule has 2 aliphatic rings. The van der Waals surface area contributed by atoms with E-state index in [1.54, 1.807) is 0 Å². The lowest BCUT2D eigenvalue weighted by Crippen LogP contribution is -2.58. The maximum atomic E-state index is 9.07. The predicted octanol–water partition coefficient (Wildman–Crippen LogP) is 13.4. The van der Waals surface area contributed by atoms with E-state index in [4.69, 9.17) is 6.85 Å². The molecule has 0 aliphatic carbocycles. The van der Waals surface area contributed by atoms with Crippen molar-refractivity contribution in [1.82, 2.24) is 0 Å². The molecular formula is C56H43BS2.